The molecular formula is C16H18BrNO. The molecule has 0 radical (unpaired) electrons. The van der Waals surface area contributed by atoms with E-state index in [9.17, 15) is 5.11 Å². The Labute approximate surface area is 122 Å². The molecule has 0 bridgehead atoms. The number of phenolic OH excluding ortho intramolecular Hbond substituents is 1. The van der Waals surface area contributed by atoms with Crippen molar-refractivity contribution >= 4 is 21.6 Å². The second kappa shape index (κ2) is 6.11. The maximum Gasteiger partial charge on any atom is 0.115 e. The molecule has 0 amide bonds. The fraction of sp³-hybridized carbons (Fsp3) is 0.250. The van der Waals surface area contributed by atoms with E-state index < -0.39 is 0 Å². The molecule has 2 N–H and O–H groups in total. The molecule has 1 atom stereocenters. The van der Waals surface area contributed by atoms with Crippen LogP contribution in [-0.2, 0) is 0 Å². The highest BCUT2D eigenvalue weighted by atomic mass is 79.9. The third-order valence-electron chi connectivity index (χ3n) is 3.16. The van der Waals surface area contributed by atoms with Crippen molar-refractivity contribution in [2.75, 3.05) is 5.32 Å². The molecule has 2 aromatic carbocycles. The minimum Gasteiger partial charge on any atom is -0.508 e. The van der Waals surface area contributed by atoms with Crippen molar-refractivity contribution < 1.29 is 5.11 Å². The van der Waals surface area contributed by atoms with Crippen LogP contribution in [0.3, 0.4) is 0 Å². The van der Waals surface area contributed by atoms with Gasteiger partial charge in [-0.3, -0.25) is 0 Å². The fourth-order valence-electron chi connectivity index (χ4n) is 2.05. The standard InChI is InChI=1S/C16H18BrNO/c1-3-15(12-5-7-13(19)8-6-12)18-16-9-4-11(2)10-14(16)17/h4-10,15,18-19H,3H2,1-2H3. The number of phenols is 1. The zero-order valence-corrected chi connectivity index (χ0v) is 12.7. The van der Waals surface area contributed by atoms with Crippen LogP contribution in [0.5, 0.6) is 5.75 Å². The van der Waals surface area contributed by atoms with Gasteiger partial charge in [0.1, 0.15) is 5.75 Å². The van der Waals surface area contributed by atoms with Gasteiger partial charge in [0.2, 0.25) is 0 Å². The molecule has 100 valence electrons. The molecule has 0 saturated heterocycles. The summed E-state index contributed by atoms with van der Waals surface area (Å²) in [7, 11) is 0. The summed E-state index contributed by atoms with van der Waals surface area (Å²) in [5.74, 6) is 0.301. The van der Waals surface area contributed by atoms with Gasteiger partial charge >= 0.3 is 0 Å². The van der Waals surface area contributed by atoms with E-state index in [2.05, 4.69) is 53.3 Å². The Kier molecular flexibility index (Phi) is 4.48. The van der Waals surface area contributed by atoms with Crippen molar-refractivity contribution in [3.05, 3.63) is 58.1 Å². The second-order valence-electron chi connectivity index (χ2n) is 4.68. The number of aromatic hydroxyl groups is 1. The molecule has 2 rings (SSSR count). The predicted molar refractivity (Wildman–Crippen MR) is 83.6 cm³/mol. The first kappa shape index (κ1) is 13.9. The lowest BCUT2D eigenvalue weighted by Crippen LogP contribution is -2.09. The highest BCUT2D eigenvalue weighted by Crippen LogP contribution is 2.29. The van der Waals surface area contributed by atoms with Gasteiger partial charge in [-0.2, -0.15) is 0 Å². The van der Waals surface area contributed by atoms with Gasteiger partial charge in [0.15, 0.2) is 0 Å². The van der Waals surface area contributed by atoms with Crippen LogP contribution in [0.2, 0.25) is 0 Å². The van der Waals surface area contributed by atoms with Crippen molar-refractivity contribution in [3.63, 3.8) is 0 Å². The summed E-state index contributed by atoms with van der Waals surface area (Å²) in [5.41, 5.74) is 3.49. The SMILES string of the molecule is CCC(Nc1ccc(C)cc1Br)c1ccc(O)cc1. The van der Waals surface area contributed by atoms with Crippen LogP contribution < -0.4 is 5.32 Å². The maximum absolute atomic E-state index is 9.35. The van der Waals surface area contributed by atoms with Crippen LogP contribution in [0.15, 0.2) is 46.9 Å². The molecular weight excluding hydrogens is 302 g/mol. The third kappa shape index (κ3) is 3.51. The number of hydrogen-bond acceptors (Lipinski definition) is 2. The molecule has 0 aliphatic rings. The zero-order valence-electron chi connectivity index (χ0n) is 11.2. The monoisotopic (exact) mass is 319 g/mol. The van der Waals surface area contributed by atoms with Gasteiger partial charge in [0, 0.05) is 10.2 Å². The van der Waals surface area contributed by atoms with Crippen molar-refractivity contribution in [2.45, 2.75) is 26.3 Å². The van der Waals surface area contributed by atoms with Gasteiger partial charge in [-0.05, 0) is 64.7 Å². The van der Waals surface area contributed by atoms with E-state index in [0.29, 0.717) is 5.75 Å². The summed E-state index contributed by atoms with van der Waals surface area (Å²) >= 11 is 3.59. The van der Waals surface area contributed by atoms with E-state index in [1.165, 1.54) is 11.1 Å². The van der Waals surface area contributed by atoms with E-state index in [1.54, 1.807) is 12.1 Å². The van der Waals surface area contributed by atoms with Crippen LogP contribution in [0.1, 0.15) is 30.5 Å². The number of rotatable bonds is 4. The van der Waals surface area contributed by atoms with Crippen molar-refractivity contribution in [1.29, 1.82) is 0 Å². The van der Waals surface area contributed by atoms with Crippen LogP contribution in [0.25, 0.3) is 0 Å². The average molecular weight is 320 g/mol. The molecule has 2 nitrogen and oxygen atoms in total. The summed E-state index contributed by atoms with van der Waals surface area (Å²) < 4.78 is 1.07. The van der Waals surface area contributed by atoms with E-state index >= 15 is 0 Å². The number of anilines is 1. The lowest BCUT2D eigenvalue weighted by Gasteiger charge is -2.20. The van der Waals surface area contributed by atoms with Gasteiger partial charge in [-0.25, -0.2) is 0 Å². The van der Waals surface area contributed by atoms with Gasteiger partial charge in [0.05, 0.1) is 6.04 Å². The van der Waals surface area contributed by atoms with E-state index in [-0.39, 0.29) is 6.04 Å². The smallest absolute Gasteiger partial charge is 0.115 e. The molecule has 1 unspecified atom stereocenters. The highest BCUT2D eigenvalue weighted by Gasteiger charge is 2.10. The summed E-state index contributed by atoms with van der Waals surface area (Å²) in [6, 6.07) is 13.9. The van der Waals surface area contributed by atoms with Gasteiger partial charge < -0.3 is 10.4 Å². The van der Waals surface area contributed by atoms with Crippen LogP contribution in [0.4, 0.5) is 5.69 Å². The van der Waals surface area contributed by atoms with Gasteiger partial charge in [0.25, 0.3) is 0 Å². The average Bonchev–Trinajstić information content (AvgIpc) is 2.39. The Hall–Kier alpha value is -1.48. The molecule has 0 aliphatic heterocycles. The van der Waals surface area contributed by atoms with E-state index in [1.807, 2.05) is 12.1 Å². The quantitative estimate of drug-likeness (QED) is 0.828. The Bertz CT molecular complexity index is 551. The van der Waals surface area contributed by atoms with Crippen molar-refractivity contribution in [1.82, 2.24) is 0 Å². The van der Waals surface area contributed by atoms with Crippen LogP contribution >= 0.6 is 15.9 Å². The van der Waals surface area contributed by atoms with Gasteiger partial charge in [-0.15, -0.1) is 0 Å². The Morgan fingerprint density at radius 3 is 2.42 bits per heavy atom. The molecule has 0 fully saturated rings. The zero-order chi connectivity index (χ0) is 13.8. The minimum atomic E-state index is 0.236. The Morgan fingerprint density at radius 2 is 1.84 bits per heavy atom. The second-order valence-corrected chi connectivity index (χ2v) is 5.53. The van der Waals surface area contributed by atoms with Crippen LogP contribution in [0, 0.1) is 6.92 Å². The molecule has 0 aliphatic carbocycles. The fourth-order valence-corrected chi connectivity index (χ4v) is 2.66. The number of nitrogens with one attached hydrogen (secondary N) is 1. The predicted octanol–water partition coefficient (Wildman–Crippen LogP) is 5.03. The summed E-state index contributed by atoms with van der Waals surface area (Å²) in [6.07, 6.45) is 0.977. The highest BCUT2D eigenvalue weighted by molar-refractivity contribution is 9.10. The maximum atomic E-state index is 9.35. The molecule has 19 heavy (non-hydrogen) atoms. The third-order valence-corrected chi connectivity index (χ3v) is 3.81. The van der Waals surface area contributed by atoms with E-state index in [4.69, 9.17) is 0 Å². The lowest BCUT2D eigenvalue weighted by atomic mass is 10.0. The number of hydrogen-bond donors (Lipinski definition) is 2. The molecule has 0 spiro atoms. The summed E-state index contributed by atoms with van der Waals surface area (Å²) in [6.45, 7) is 4.22. The lowest BCUT2D eigenvalue weighted by molar-refractivity contribution is 0.475. The Balaban J connectivity index is 2.21. The normalized spacial score (nSPS) is 12.2. The molecule has 2 aromatic rings. The van der Waals surface area contributed by atoms with E-state index in [0.717, 1.165) is 16.6 Å². The number of halogens is 1. The first-order chi connectivity index (χ1) is 9.10. The van der Waals surface area contributed by atoms with Crippen molar-refractivity contribution in [2.24, 2.45) is 0 Å². The minimum absolute atomic E-state index is 0.236. The van der Waals surface area contributed by atoms with Gasteiger partial charge in [-0.1, -0.05) is 25.1 Å². The molecule has 3 heteroatoms. The summed E-state index contributed by atoms with van der Waals surface area (Å²) in [4.78, 5) is 0. The molecule has 0 heterocycles. The largest absolute Gasteiger partial charge is 0.508 e. The summed E-state index contributed by atoms with van der Waals surface area (Å²) in [5, 5.41) is 12.9. The number of benzene rings is 2. The first-order valence-electron chi connectivity index (χ1n) is 6.41. The number of aryl methyl sites for hydroxylation is 1. The molecule has 0 aromatic heterocycles. The topological polar surface area (TPSA) is 32.3 Å². The van der Waals surface area contributed by atoms with Crippen LogP contribution in [-0.4, -0.2) is 5.11 Å². The van der Waals surface area contributed by atoms with Crippen molar-refractivity contribution in [3.8, 4) is 5.75 Å². The Morgan fingerprint density at radius 1 is 1.16 bits per heavy atom. The first-order valence-corrected chi connectivity index (χ1v) is 7.21. The molecule has 0 saturated carbocycles.